The fourth-order valence-corrected chi connectivity index (χ4v) is 4.43. The average Bonchev–Trinajstić information content (AvgIpc) is 2.70. The van der Waals surface area contributed by atoms with Crippen LogP contribution in [0.3, 0.4) is 0 Å². The van der Waals surface area contributed by atoms with Gasteiger partial charge >= 0.3 is 6.09 Å². The molecule has 0 radical (unpaired) electrons. The smallest absolute Gasteiger partial charge is 0.407 e. The van der Waals surface area contributed by atoms with Gasteiger partial charge in [-0.05, 0) is 43.2 Å². The molecule has 0 bridgehead atoms. The number of aliphatic imine (C=N–C) groups is 1. The van der Waals surface area contributed by atoms with Crippen LogP contribution in [0.25, 0.3) is 0 Å². The van der Waals surface area contributed by atoms with Gasteiger partial charge in [0.2, 0.25) is 5.91 Å². The summed E-state index contributed by atoms with van der Waals surface area (Å²) in [6.45, 7) is 0.917. The van der Waals surface area contributed by atoms with Crippen LogP contribution < -0.4 is 5.43 Å². The van der Waals surface area contributed by atoms with Gasteiger partial charge < -0.3 is 15.1 Å². The zero-order valence-electron chi connectivity index (χ0n) is 16.4. The number of hydrogen-bond acceptors (Lipinski definition) is 5. The predicted molar refractivity (Wildman–Crippen MR) is 113 cm³/mol. The summed E-state index contributed by atoms with van der Waals surface area (Å²) in [5.74, 6) is -1.47. The molecule has 0 aromatic heterocycles. The number of benzene rings is 1. The number of amidine groups is 1. The van der Waals surface area contributed by atoms with E-state index in [0.717, 1.165) is 6.07 Å². The van der Waals surface area contributed by atoms with Crippen molar-refractivity contribution in [1.29, 1.82) is 0 Å². The summed E-state index contributed by atoms with van der Waals surface area (Å²) in [7, 11) is 0. The molecule has 2 amide bonds. The van der Waals surface area contributed by atoms with E-state index in [1.54, 1.807) is 0 Å². The van der Waals surface area contributed by atoms with E-state index < -0.39 is 23.9 Å². The number of nitrogens with zero attached hydrogens (tertiary/aromatic N) is 3. The summed E-state index contributed by atoms with van der Waals surface area (Å²) in [5.41, 5.74) is 3.46. The number of nitrogens with one attached hydrogen (secondary N) is 1. The first-order valence-corrected chi connectivity index (χ1v) is 11.2. The van der Waals surface area contributed by atoms with E-state index in [9.17, 15) is 19.1 Å². The normalized spacial score (nSPS) is 23.6. The van der Waals surface area contributed by atoms with Gasteiger partial charge in [0.15, 0.2) is 5.17 Å². The molecule has 2 aliphatic heterocycles. The number of carboxylic acid groups (broad SMARTS) is 1. The lowest BCUT2D eigenvalue weighted by atomic mass is 9.89. The van der Waals surface area contributed by atoms with Gasteiger partial charge in [0.25, 0.3) is 0 Å². The molecular weight excluding hydrogens is 435 g/mol. The molecule has 0 aliphatic carbocycles. The highest BCUT2D eigenvalue weighted by atomic mass is 35.5. The van der Waals surface area contributed by atoms with Crippen LogP contribution in [0.15, 0.2) is 23.2 Å². The van der Waals surface area contributed by atoms with Gasteiger partial charge in [-0.1, -0.05) is 29.4 Å². The number of rotatable bonds is 3. The van der Waals surface area contributed by atoms with Gasteiger partial charge in [0.05, 0.1) is 24.6 Å². The Morgan fingerprint density at radius 1 is 1.37 bits per heavy atom. The molecule has 2 saturated heterocycles. The zero-order chi connectivity index (χ0) is 21.8. The van der Waals surface area contributed by atoms with E-state index in [1.807, 2.05) is 6.26 Å². The van der Waals surface area contributed by atoms with Crippen molar-refractivity contribution in [2.24, 2.45) is 4.99 Å². The Hall–Kier alpha value is -2.04. The third kappa shape index (κ3) is 5.35. The van der Waals surface area contributed by atoms with Crippen LogP contribution in [0.5, 0.6) is 0 Å². The zero-order valence-corrected chi connectivity index (χ0v) is 18.0. The van der Waals surface area contributed by atoms with E-state index >= 15 is 0 Å². The number of halogens is 2. The molecule has 2 unspecified atom stereocenters. The van der Waals surface area contributed by atoms with Crippen LogP contribution in [0.1, 0.15) is 30.7 Å². The molecule has 0 spiro atoms. The van der Waals surface area contributed by atoms with Gasteiger partial charge in [-0.15, -0.1) is 0 Å². The number of hydrazine groups is 1. The summed E-state index contributed by atoms with van der Waals surface area (Å²) in [6.07, 6.45) is 1.51. The predicted octanol–water partition coefficient (Wildman–Crippen LogP) is 2.52. The first-order valence-electron chi connectivity index (χ1n) is 9.59. The molecule has 1 aromatic carbocycles. The maximum atomic E-state index is 13.4. The van der Waals surface area contributed by atoms with Crippen molar-refractivity contribution >= 4 is 40.5 Å². The highest BCUT2D eigenvalue weighted by Gasteiger charge is 2.36. The number of carbonyl (C=O) groups is 2. The lowest BCUT2D eigenvalue weighted by molar-refractivity contribution is -0.141. The number of thioether (sulfide) groups is 1. The number of likely N-dealkylation sites (tertiary alicyclic amines) is 1. The van der Waals surface area contributed by atoms with Gasteiger partial charge in [0.1, 0.15) is 5.82 Å². The summed E-state index contributed by atoms with van der Waals surface area (Å²) in [4.78, 5) is 30.1. The fraction of sp³-hybridized carbons (Fsp3) is 0.526. The average molecular weight is 459 g/mol. The van der Waals surface area contributed by atoms with Crippen LogP contribution in [0, 0.1) is 5.82 Å². The van der Waals surface area contributed by atoms with Gasteiger partial charge in [-0.25, -0.2) is 9.18 Å². The van der Waals surface area contributed by atoms with E-state index in [2.05, 4.69) is 10.4 Å². The fourth-order valence-electron chi connectivity index (χ4n) is 3.68. The van der Waals surface area contributed by atoms with Crippen molar-refractivity contribution in [2.45, 2.75) is 37.3 Å². The molecule has 2 aliphatic rings. The van der Waals surface area contributed by atoms with Crippen LogP contribution in [0.4, 0.5) is 9.18 Å². The van der Waals surface area contributed by atoms with Gasteiger partial charge in [0, 0.05) is 18.1 Å². The van der Waals surface area contributed by atoms with E-state index in [4.69, 9.17) is 16.7 Å². The number of amides is 2. The number of aliphatic hydroxyl groups is 1. The van der Waals surface area contributed by atoms with E-state index in [0.29, 0.717) is 36.7 Å². The molecule has 3 rings (SSSR count). The Morgan fingerprint density at radius 2 is 2.07 bits per heavy atom. The largest absolute Gasteiger partial charge is 0.465 e. The lowest BCUT2D eigenvalue weighted by Crippen LogP contribution is -2.54. The summed E-state index contributed by atoms with van der Waals surface area (Å²) < 4.78 is 13.4. The Bertz CT molecular complexity index is 835. The Kier molecular flexibility index (Phi) is 7.43. The monoisotopic (exact) mass is 458 g/mol. The second-order valence-electron chi connectivity index (χ2n) is 7.31. The second kappa shape index (κ2) is 9.84. The molecule has 3 N–H and O–H groups in total. The van der Waals surface area contributed by atoms with Crippen molar-refractivity contribution in [1.82, 2.24) is 15.3 Å². The topological polar surface area (TPSA) is 105 Å². The Morgan fingerprint density at radius 3 is 2.67 bits per heavy atom. The minimum Gasteiger partial charge on any atom is -0.465 e. The minimum absolute atomic E-state index is 0.0530. The summed E-state index contributed by atoms with van der Waals surface area (Å²) >= 11 is 7.46. The summed E-state index contributed by atoms with van der Waals surface area (Å²) in [6, 6.07) is 3.81. The first kappa shape index (κ1) is 22.6. The molecule has 30 heavy (non-hydrogen) atoms. The molecule has 0 saturated carbocycles. The number of hydrogen-bond donors (Lipinski definition) is 3. The van der Waals surface area contributed by atoms with Crippen LogP contribution in [-0.4, -0.2) is 75.3 Å². The van der Waals surface area contributed by atoms with Crippen molar-refractivity contribution in [3.63, 3.8) is 0 Å². The maximum absolute atomic E-state index is 13.4. The second-order valence-corrected chi connectivity index (χ2v) is 8.51. The Balaban J connectivity index is 1.70. The number of aliphatic hydroxyl groups excluding tert-OH is 1. The highest BCUT2D eigenvalue weighted by molar-refractivity contribution is 8.13. The van der Waals surface area contributed by atoms with E-state index in [1.165, 1.54) is 33.8 Å². The minimum atomic E-state index is -0.931. The van der Waals surface area contributed by atoms with Crippen molar-refractivity contribution in [3.8, 4) is 0 Å². The first-order chi connectivity index (χ1) is 14.3. The molecule has 2 fully saturated rings. The van der Waals surface area contributed by atoms with Gasteiger partial charge in [-0.3, -0.25) is 20.2 Å². The SMILES string of the molecule is CSC(=NC1CCN(C(=O)O)CC1)NN1CC(O)CC(c2ccc(F)cc2Cl)C1=O. The number of piperidine rings is 2. The van der Waals surface area contributed by atoms with E-state index in [-0.39, 0.29) is 29.9 Å². The molecule has 2 heterocycles. The third-order valence-electron chi connectivity index (χ3n) is 5.26. The summed E-state index contributed by atoms with van der Waals surface area (Å²) in [5, 5.41) is 21.3. The van der Waals surface area contributed by atoms with Crippen molar-refractivity contribution in [2.75, 3.05) is 25.9 Å². The maximum Gasteiger partial charge on any atom is 0.407 e. The molecule has 8 nitrogen and oxygen atoms in total. The van der Waals surface area contributed by atoms with Crippen LogP contribution in [0.2, 0.25) is 5.02 Å². The molecule has 2 atom stereocenters. The molecule has 11 heteroatoms. The quantitative estimate of drug-likeness (QED) is 0.475. The standard InChI is InChI=1S/C19H24ClFN4O4S/c1-30-18(22-12-4-6-24(7-5-12)19(28)29)23-25-10-13(26)9-15(17(25)27)14-3-2-11(21)8-16(14)20/h2-3,8,12-13,15,26H,4-7,9-10H2,1H3,(H,22,23)(H,28,29). The van der Waals surface area contributed by atoms with Crippen molar-refractivity contribution in [3.05, 3.63) is 34.6 Å². The number of β-amino-alcohol motifs (C(OH)–C–C–N with tert-alkyl or cyclic N) is 1. The Labute approximate surface area is 183 Å². The molecular formula is C19H24ClFN4O4S. The van der Waals surface area contributed by atoms with Gasteiger partial charge in [-0.2, -0.15) is 0 Å². The van der Waals surface area contributed by atoms with Crippen LogP contribution >= 0.6 is 23.4 Å². The third-order valence-corrected chi connectivity index (χ3v) is 6.17. The molecule has 164 valence electrons. The number of carbonyl (C=O) groups excluding carboxylic acids is 1. The molecule has 1 aromatic rings. The van der Waals surface area contributed by atoms with Crippen LogP contribution in [-0.2, 0) is 4.79 Å². The van der Waals surface area contributed by atoms with Crippen molar-refractivity contribution < 1.29 is 24.2 Å². The lowest BCUT2D eigenvalue weighted by Gasteiger charge is -2.36. The highest BCUT2D eigenvalue weighted by Crippen LogP contribution is 2.33.